The van der Waals surface area contributed by atoms with Crippen LogP contribution in [0.25, 0.3) is 11.3 Å². The first kappa shape index (κ1) is 20.9. The zero-order chi connectivity index (χ0) is 22.5. The molecule has 0 spiro atoms. The van der Waals surface area contributed by atoms with Crippen LogP contribution in [0.1, 0.15) is 22.3 Å². The second-order valence-electron chi connectivity index (χ2n) is 7.62. The van der Waals surface area contributed by atoms with E-state index in [0.717, 1.165) is 17.4 Å². The van der Waals surface area contributed by atoms with E-state index in [0.29, 0.717) is 28.1 Å². The lowest BCUT2D eigenvalue weighted by molar-refractivity contribution is 0.246. The maximum absolute atomic E-state index is 13.7. The highest BCUT2D eigenvalue weighted by atomic mass is 32.2. The van der Waals surface area contributed by atoms with Crippen molar-refractivity contribution < 1.29 is 17.6 Å². The third kappa shape index (κ3) is 3.65. The summed E-state index contributed by atoms with van der Waals surface area (Å²) in [5.41, 5.74) is 4.37. The second kappa shape index (κ2) is 7.42. The molecule has 2 amide bonds. The number of nitrogens with one attached hydrogen (secondary N) is 1. The molecule has 0 unspecified atom stereocenters. The van der Waals surface area contributed by atoms with Crippen LogP contribution in [0, 0.1) is 26.6 Å². The van der Waals surface area contributed by atoms with Gasteiger partial charge in [0.25, 0.3) is 0 Å². The normalized spacial score (nSPS) is 13.7. The highest BCUT2D eigenvalue weighted by Crippen LogP contribution is 2.39. The lowest BCUT2D eigenvalue weighted by Crippen LogP contribution is -2.43. The number of amides is 2. The van der Waals surface area contributed by atoms with Crippen molar-refractivity contribution in [2.45, 2.75) is 32.5 Å². The molecule has 1 aliphatic rings. The molecular formula is C22H21FN4O3S. The molecule has 31 heavy (non-hydrogen) atoms. The predicted octanol–water partition coefficient (Wildman–Crippen LogP) is 3.97. The Labute approximate surface area is 179 Å². The van der Waals surface area contributed by atoms with Crippen molar-refractivity contribution in [3.8, 4) is 11.3 Å². The number of carbonyl (C=O) groups excluding carboxylic acids is 1. The van der Waals surface area contributed by atoms with Gasteiger partial charge in [0.05, 0.1) is 17.9 Å². The van der Waals surface area contributed by atoms with Crippen molar-refractivity contribution in [2.75, 3.05) is 11.2 Å². The van der Waals surface area contributed by atoms with Crippen molar-refractivity contribution in [3.63, 3.8) is 0 Å². The van der Waals surface area contributed by atoms with Gasteiger partial charge in [0, 0.05) is 17.4 Å². The molecule has 1 N–H and O–H groups in total. The number of nitrogens with zero attached hydrogens (tertiary/aromatic N) is 3. The average Bonchev–Trinajstić information content (AvgIpc) is 2.68. The number of para-hydroxylation sites is 1. The van der Waals surface area contributed by atoms with Gasteiger partial charge in [-0.25, -0.2) is 27.5 Å². The van der Waals surface area contributed by atoms with Crippen molar-refractivity contribution >= 4 is 27.4 Å². The standard InChI is InChI=1S/C22H21FN4O3S/c1-12-6-5-7-13(2)19(12)27-20-17(11-24-22(27)28)18(25-21(26-20)31(4,29)30)16-9-8-15(23)10-14(16)3/h5-10H,11H2,1-4H3,(H,24,28). The minimum atomic E-state index is -3.79. The van der Waals surface area contributed by atoms with Crippen LogP contribution in [0.15, 0.2) is 41.6 Å². The zero-order valence-corrected chi connectivity index (χ0v) is 18.3. The van der Waals surface area contributed by atoms with Crippen LogP contribution in [0.4, 0.5) is 20.7 Å². The van der Waals surface area contributed by atoms with Crippen molar-refractivity contribution in [1.29, 1.82) is 0 Å². The summed E-state index contributed by atoms with van der Waals surface area (Å²) >= 11 is 0. The molecule has 3 aromatic rings. The summed E-state index contributed by atoms with van der Waals surface area (Å²) in [6.45, 7) is 5.57. The SMILES string of the molecule is Cc1cc(F)ccc1-c1nc(S(C)(=O)=O)nc2c1CNC(=O)N2c1c(C)cccc1C. The first-order chi connectivity index (χ1) is 14.6. The van der Waals surface area contributed by atoms with Gasteiger partial charge in [-0.2, -0.15) is 4.98 Å². The number of aromatic nitrogens is 2. The number of fused-ring (bicyclic) bond motifs is 1. The summed E-state index contributed by atoms with van der Waals surface area (Å²) in [7, 11) is -3.79. The van der Waals surface area contributed by atoms with E-state index in [1.54, 1.807) is 13.0 Å². The monoisotopic (exact) mass is 440 g/mol. The van der Waals surface area contributed by atoms with Gasteiger partial charge in [0.2, 0.25) is 15.0 Å². The van der Waals surface area contributed by atoms with E-state index in [-0.39, 0.29) is 12.4 Å². The fourth-order valence-electron chi connectivity index (χ4n) is 3.79. The Hall–Kier alpha value is -3.33. The van der Waals surface area contributed by atoms with Crippen molar-refractivity contribution in [1.82, 2.24) is 15.3 Å². The van der Waals surface area contributed by atoms with E-state index >= 15 is 0 Å². The molecule has 2 heterocycles. The van der Waals surface area contributed by atoms with Crippen molar-refractivity contribution in [3.05, 3.63) is 64.5 Å². The molecule has 9 heteroatoms. The number of benzene rings is 2. The molecule has 0 bridgehead atoms. The van der Waals surface area contributed by atoms with Gasteiger partial charge in [-0.1, -0.05) is 18.2 Å². The molecule has 1 aliphatic heterocycles. The molecule has 0 saturated heterocycles. The fraction of sp³-hybridized carbons (Fsp3) is 0.227. The minimum absolute atomic E-state index is 0.117. The number of urea groups is 1. The van der Waals surface area contributed by atoms with E-state index in [1.807, 2.05) is 32.0 Å². The molecule has 0 fully saturated rings. The van der Waals surface area contributed by atoms with Gasteiger partial charge in [-0.05, 0) is 55.7 Å². The van der Waals surface area contributed by atoms with Crippen LogP contribution in [0.2, 0.25) is 0 Å². The maximum Gasteiger partial charge on any atom is 0.328 e. The number of carbonyl (C=O) groups is 1. The summed E-state index contributed by atoms with van der Waals surface area (Å²) in [4.78, 5) is 22.9. The fourth-order valence-corrected chi connectivity index (χ4v) is 4.30. The van der Waals surface area contributed by atoms with E-state index in [2.05, 4.69) is 15.3 Å². The van der Waals surface area contributed by atoms with Crippen LogP contribution >= 0.6 is 0 Å². The maximum atomic E-state index is 13.7. The van der Waals surface area contributed by atoms with E-state index in [9.17, 15) is 17.6 Å². The molecule has 1 aromatic heterocycles. The van der Waals surface area contributed by atoms with Gasteiger partial charge in [0.15, 0.2) is 5.82 Å². The molecule has 4 rings (SSSR count). The molecule has 0 saturated carbocycles. The Morgan fingerprint density at radius 3 is 2.32 bits per heavy atom. The van der Waals surface area contributed by atoms with Gasteiger partial charge in [-0.3, -0.25) is 0 Å². The third-order valence-corrected chi connectivity index (χ3v) is 6.08. The second-order valence-corrected chi connectivity index (χ2v) is 9.53. The molecule has 0 atom stereocenters. The summed E-state index contributed by atoms with van der Waals surface area (Å²) < 4.78 is 38.5. The number of hydrogen-bond donors (Lipinski definition) is 1. The summed E-state index contributed by atoms with van der Waals surface area (Å²) in [6.07, 6.45) is 1.02. The molecule has 160 valence electrons. The van der Waals surface area contributed by atoms with E-state index in [4.69, 9.17) is 0 Å². The van der Waals surface area contributed by atoms with Crippen LogP contribution in [-0.4, -0.2) is 30.7 Å². The Morgan fingerprint density at radius 1 is 1.03 bits per heavy atom. The molecule has 7 nitrogen and oxygen atoms in total. The summed E-state index contributed by atoms with van der Waals surface area (Å²) in [6, 6.07) is 9.41. The summed E-state index contributed by atoms with van der Waals surface area (Å²) in [5, 5.41) is 2.43. The predicted molar refractivity (Wildman–Crippen MR) is 116 cm³/mol. The van der Waals surface area contributed by atoms with Gasteiger partial charge in [0.1, 0.15) is 5.82 Å². The number of hydrogen-bond acceptors (Lipinski definition) is 5. The first-order valence-corrected chi connectivity index (χ1v) is 11.5. The van der Waals surface area contributed by atoms with Crippen LogP contribution in [0.3, 0.4) is 0 Å². The molecule has 2 aromatic carbocycles. The number of rotatable bonds is 3. The van der Waals surface area contributed by atoms with Crippen LogP contribution < -0.4 is 10.2 Å². The number of halogens is 1. The Bertz CT molecular complexity index is 1320. The van der Waals surface area contributed by atoms with E-state index in [1.165, 1.54) is 17.0 Å². The van der Waals surface area contributed by atoms with Gasteiger partial charge in [-0.15, -0.1) is 0 Å². The quantitative estimate of drug-likeness (QED) is 0.622. The zero-order valence-electron chi connectivity index (χ0n) is 17.5. The number of aryl methyl sites for hydroxylation is 3. The largest absolute Gasteiger partial charge is 0.333 e. The van der Waals surface area contributed by atoms with Crippen molar-refractivity contribution in [2.24, 2.45) is 0 Å². The highest BCUT2D eigenvalue weighted by molar-refractivity contribution is 7.90. The van der Waals surface area contributed by atoms with Gasteiger partial charge >= 0.3 is 6.03 Å². The number of sulfone groups is 1. The molecule has 0 aliphatic carbocycles. The first-order valence-electron chi connectivity index (χ1n) is 9.59. The lowest BCUT2D eigenvalue weighted by atomic mass is 9.99. The number of anilines is 2. The summed E-state index contributed by atoms with van der Waals surface area (Å²) in [5.74, 6) is -0.201. The van der Waals surface area contributed by atoms with E-state index < -0.39 is 26.8 Å². The van der Waals surface area contributed by atoms with Crippen LogP contribution in [0.5, 0.6) is 0 Å². The molecular weight excluding hydrogens is 419 g/mol. The average molecular weight is 441 g/mol. The Morgan fingerprint density at radius 2 is 1.71 bits per heavy atom. The molecule has 0 radical (unpaired) electrons. The Balaban J connectivity index is 2.08. The van der Waals surface area contributed by atoms with Gasteiger partial charge < -0.3 is 5.32 Å². The minimum Gasteiger partial charge on any atom is -0.333 e. The Kier molecular flexibility index (Phi) is 5.01. The highest BCUT2D eigenvalue weighted by Gasteiger charge is 2.33. The third-order valence-electron chi connectivity index (χ3n) is 5.23. The lowest BCUT2D eigenvalue weighted by Gasteiger charge is -2.32. The topological polar surface area (TPSA) is 92.3 Å². The van der Waals surface area contributed by atoms with Crippen LogP contribution in [-0.2, 0) is 16.4 Å². The smallest absolute Gasteiger partial charge is 0.328 e.